The number of carbonyl (C=O) groups excluding carboxylic acids is 2. The summed E-state index contributed by atoms with van der Waals surface area (Å²) in [4.78, 5) is 26.9. The second-order valence-electron chi connectivity index (χ2n) is 6.64. The fourth-order valence-electron chi connectivity index (χ4n) is 3.00. The SMILES string of the molecule is Cc1ccc(C)c(N2C(=O)S/C(=C/c3ccc(-c4ccc(Cl)c(Cl)c4)o3)C2=O)c1. The van der Waals surface area contributed by atoms with E-state index in [2.05, 4.69) is 0 Å². The molecule has 0 saturated carbocycles. The van der Waals surface area contributed by atoms with Crippen LogP contribution in [0.3, 0.4) is 0 Å². The van der Waals surface area contributed by atoms with Gasteiger partial charge in [0.2, 0.25) is 0 Å². The molecule has 0 atom stereocenters. The van der Waals surface area contributed by atoms with E-state index in [0.717, 1.165) is 28.5 Å². The molecule has 29 heavy (non-hydrogen) atoms. The summed E-state index contributed by atoms with van der Waals surface area (Å²) in [5.74, 6) is 0.697. The molecule has 0 N–H and O–H groups in total. The summed E-state index contributed by atoms with van der Waals surface area (Å²) in [6, 6.07) is 14.4. The molecule has 0 unspecified atom stereocenters. The zero-order chi connectivity index (χ0) is 20.7. The fourth-order valence-corrected chi connectivity index (χ4v) is 4.11. The maximum atomic E-state index is 12.9. The molecule has 1 aliphatic rings. The van der Waals surface area contributed by atoms with Gasteiger partial charge in [0.05, 0.1) is 20.6 Å². The minimum absolute atomic E-state index is 0.311. The molecule has 0 radical (unpaired) electrons. The summed E-state index contributed by atoms with van der Waals surface area (Å²) in [5, 5.41) is 0.560. The molecule has 1 aliphatic heterocycles. The Hall–Kier alpha value is -2.47. The molecule has 1 aromatic heterocycles. The Kier molecular flexibility index (Phi) is 5.30. The van der Waals surface area contributed by atoms with Crippen LogP contribution in [0.5, 0.6) is 0 Å². The van der Waals surface area contributed by atoms with Crippen LogP contribution in [-0.4, -0.2) is 11.1 Å². The van der Waals surface area contributed by atoms with E-state index in [0.29, 0.717) is 32.2 Å². The lowest BCUT2D eigenvalue weighted by atomic mass is 10.1. The largest absolute Gasteiger partial charge is 0.457 e. The van der Waals surface area contributed by atoms with Gasteiger partial charge in [-0.1, -0.05) is 35.3 Å². The summed E-state index contributed by atoms with van der Waals surface area (Å²) >= 11 is 12.9. The van der Waals surface area contributed by atoms with Crippen molar-refractivity contribution in [2.45, 2.75) is 13.8 Å². The van der Waals surface area contributed by atoms with Gasteiger partial charge in [0, 0.05) is 11.6 Å². The minimum atomic E-state index is -0.360. The maximum Gasteiger partial charge on any atom is 0.298 e. The highest BCUT2D eigenvalue weighted by molar-refractivity contribution is 8.19. The van der Waals surface area contributed by atoms with Crippen molar-refractivity contribution < 1.29 is 14.0 Å². The van der Waals surface area contributed by atoms with Crippen molar-refractivity contribution in [3.8, 4) is 11.3 Å². The first-order valence-corrected chi connectivity index (χ1v) is 10.3. The first-order chi connectivity index (χ1) is 13.8. The van der Waals surface area contributed by atoms with Gasteiger partial charge in [0.25, 0.3) is 11.1 Å². The monoisotopic (exact) mass is 443 g/mol. The number of carbonyl (C=O) groups is 2. The van der Waals surface area contributed by atoms with E-state index in [1.54, 1.807) is 36.4 Å². The van der Waals surface area contributed by atoms with Crippen molar-refractivity contribution in [1.29, 1.82) is 0 Å². The van der Waals surface area contributed by atoms with Gasteiger partial charge in [0.15, 0.2) is 0 Å². The van der Waals surface area contributed by atoms with Gasteiger partial charge in [-0.05, 0) is 73.1 Å². The van der Waals surface area contributed by atoms with Crippen LogP contribution >= 0.6 is 35.0 Å². The zero-order valence-electron chi connectivity index (χ0n) is 15.5. The lowest BCUT2D eigenvalue weighted by molar-refractivity contribution is -0.113. The summed E-state index contributed by atoms with van der Waals surface area (Å²) < 4.78 is 5.82. The number of imide groups is 1. The highest BCUT2D eigenvalue weighted by Crippen LogP contribution is 2.38. The average molecular weight is 444 g/mol. The summed E-state index contributed by atoms with van der Waals surface area (Å²) in [6.45, 7) is 3.79. The van der Waals surface area contributed by atoms with Gasteiger partial charge in [-0.3, -0.25) is 9.59 Å². The Bertz CT molecular complexity index is 1180. The van der Waals surface area contributed by atoms with Crippen molar-refractivity contribution in [1.82, 2.24) is 0 Å². The highest BCUT2D eigenvalue weighted by atomic mass is 35.5. The number of amides is 2. The number of nitrogens with zero attached hydrogens (tertiary/aromatic N) is 1. The third-order valence-corrected chi connectivity index (χ3v) is 6.11. The van der Waals surface area contributed by atoms with E-state index < -0.39 is 0 Å². The molecule has 2 amide bonds. The van der Waals surface area contributed by atoms with Crippen LogP contribution in [0.15, 0.2) is 57.9 Å². The summed E-state index contributed by atoms with van der Waals surface area (Å²) in [6.07, 6.45) is 1.58. The van der Waals surface area contributed by atoms with Gasteiger partial charge < -0.3 is 4.42 Å². The van der Waals surface area contributed by atoms with Crippen LogP contribution in [-0.2, 0) is 4.79 Å². The van der Waals surface area contributed by atoms with Crippen LogP contribution in [0.1, 0.15) is 16.9 Å². The number of benzene rings is 2. The number of rotatable bonds is 3. The summed E-state index contributed by atoms with van der Waals surface area (Å²) in [5.41, 5.74) is 3.21. The number of hydrogen-bond acceptors (Lipinski definition) is 4. The third-order valence-electron chi connectivity index (χ3n) is 4.50. The van der Waals surface area contributed by atoms with Crippen molar-refractivity contribution >= 4 is 57.9 Å². The molecule has 2 aromatic carbocycles. The number of hydrogen-bond donors (Lipinski definition) is 0. The molecule has 2 heterocycles. The number of aryl methyl sites for hydroxylation is 2. The van der Waals surface area contributed by atoms with E-state index in [1.165, 1.54) is 4.90 Å². The van der Waals surface area contributed by atoms with E-state index in [4.69, 9.17) is 27.6 Å². The molecule has 0 spiro atoms. The first kappa shape index (κ1) is 19.8. The predicted octanol–water partition coefficient (Wildman–Crippen LogP) is 7.11. The molecule has 1 fully saturated rings. The molecule has 0 aliphatic carbocycles. The molecule has 3 aromatic rings. The Morgan fingerprint density at radius 1 is 0.966 bits per heavy atom. The van der Waals surface area contributed by atoms with E-state index >= 15 is 0 Å². The zero-order valence-corrected chi connectivity index (χ0v) is 17.9. The number of halogens is 2. The molecule has 1 saturated heterocycles. The predicted molar refractivity (Wildman–Crippen MR) is 119 cm³/mol. The Morgan fingerprint density at radius 2 is 1.76 bits per heavy atom. The molecular weight excluding hydrogens is 429 g/mol. The molecule has 4 nitrogen and oxygen atoms in total. The van der Waals surface area contributed by atoms with Crippen molar-refractivity contribution in [3.05, 3.63) is 80.4 Å². The van der Waals surface area contributed by atoms with Crippen LogP contribution < -0.4 is 4.90 Å². The average Bonchev–Trinajstić information content (AvgIpc) is 3.25. The van der Waals surface area contributed by atoms with Gasteiger partial charge in [0.1, 0.15) is 11.5 Å². The smallest absolute Gasteiger partial charge is 0.298 e. The van der Waals surface area contributed by atoms with Crippen molar-refractivity contribution in [2.24, 2.45) is 0 Å². The Labute approximate surface area is 182 Å². The maximum absolute atomic E-state index is 12.9. The highest BCUT2D eigenvalue weighted by Gasteiger charge is 2.37. The normalized spacial score (nSPS) is 15.6. The molecular formula is C22H15Cl2NO3S. The van der Waals surface area contributed by atoms with Gasteiger partial charge in [-0.2, -0.15) is 0 Å². The minimum Gasteiger partial charge on any atom is -0.457 e. The van der Waals surface area contributed by atoms with E-state index in [1.807, 2.05) is 32.0 Å². The van der Waals surface area contributed by atoms with Crippen molar-refractivity contribution in [2.75, 3.05) is 4.90 Å². The second-order valence-corrected chi connectivity index (χ2v) is 8.45. The fraction of sp³-hybridized carbons (Fsp3) is 0.0909. The first-order valence-electron chi connectivity index (χ1n) is 8.74. The number of anilines is 1. The van der Waals surface area contributed by atoms with Gasteiger partial charge >= 0.3 is 0 Å². The lowest BCUT2D eigenvalue weighted by Gasteiger charge is -2.15. The van der Waals surface area contributed by atoms with Crippen LogP contribution in [0.2, 0.25) is 10.0 Å². The third kappa shape index (κ3) is 3.86. The standard InChI is InChI=1S/C22H15Cl2NO3S/c1-12-3-4-13(2)18(9-12)25-21(26)20(29-22(25)27)11-15-6-8-19(28-15)14-5-7-16(23)17(24)10-14/h3-11H,1-2H3/b20-11+. The number of thioether (sulfide) groups is 1. The van der Waals surface area contributed by atoms with Crippen LogP contribution in [0, 0.1) is 13.8 Å². The quantitative estimate of drug-likeness (QED) is 0.404. The topological polar surface area (TPSA) is 50.5 Å². The molecule has 146 valence electrons. The number of furan rings is 1. The Morgan fingerprint density at radius 3 is 2.52 bits per heavy atom. The summed E-state index contributed by atoms with van der Waals surface area (Å²) in [7, 11) is 0. The van der Waals surface area contributed by atoms with Crippen LogP contribution in [0.25, 0.3) is 17.4 Å². The van der Waals surface area contributed by atoms with E-state index in [9.17, 15) is 9.59 Å². The van der Waals surface area contributed by atoms with E-state index in [-0.39, 0.29) is 11.1 Å². The lowest BCUT2D eigenvalue weighted by Crippen LogP contribution is -2.28. The second kappa shape index (κ2) is 7.75. The van der Waals surface area contributed by atoms with Crippen LogP contribution in [0.4, 0.5) is 10.5 Å². The molecule has 4 rings (SSSR count). The van der Waals surface area contributed by atoms with Gasteiger partial charge in [-0.25, -0.2) is 4.90 Å². The molecule has 0 bridgehead atoms. The van der Waals surface area contributed by atoms with Gasteiger partial charge in [-0.15, -0.1) is 0 Å². The van der Waals surface area contributed by atoms with Crippen molar-refractivity contribution in [3.63, 3.8) is 0 Å². The molecule has 7 heteroatoms. The Balaban J connectivity index is 1.63.